The Balaban J connectivity index is 1.69. The summed E-state index contributed by atoms with van der Waals surface area (Å²) in [5.74, 6) is 0.928. The van der Waals surface area contributed by atoms with Crippen molar-refractivity contribution in [2.24, 2.45) is 0 Å². The molecule has 0 aliphatic carbocycles. The SMILES string of the molecule is CCN(CC)C(=O)C(Sc1nnc(NCc2ccc(OC)cc2)s1)c1ccccc1. The van der Waals surface area contributed by atoms with Crippen molar-refractivity contribution in [1.29, 1.82) is 0 Å². The van der Waals surface area contributed by atoms with Crippen molar-refractivity contribution >= 4 is 34.1 Å². The Morgan fingerprint density at radius 2 is 1.80 bits per heavy atom. The van der Waals surface area contributed by atoms with Crippen LogP contribution < -0.4 is 10.1 Å². The van der Waals surface area contributed by atoms with E-state index in [1.165, 1.54) is 23.1 Å². The van der Waals surface area contributed by atoms with Crippen LogP contribution in [0.3, 0.4) is 0 Å². The topological polar surface area (TPSA) is 67.4 Å². The van der Waals surface area contributed by atoms with Crippen LogP contribution >= 0.6 is 23.1 Å². The molecule has 3 rings (SSSR count). The number of methoxy groups -OCH3 is 1. The monoisotopic (exact) mass is 442 g/mol. The third-order valence-corrected chi connectivity index (χ3v) is 6.84. The number of rotatable bonds is 10. The number of amides is 1. The third-order valence-electron chi connectivity index (χ3n) is 4.63. The molecule has 0 radical (unpaired) electrons. The molecule has 0 spiro atoms. The van der Waals surface area contributed by atoms with Crippen molar-refractivity contribution in [3.05, 3.63) is 65.7 Å². The summed E-state index contributed by atoms with van der Waals surface area (Å²) in [7, 11) is 1.65. The first-order valence-corrected chi connectivity index (χ1v) is 11.5. The molecule has 30 heavy (non-hydrogen) atoms. The maximum absolute atomic E-state index is 13.1. The zero-order valence-electron chi connectivity index (χ0n) is 17.4. The molecule has 0 aliphatic rings. The molecule has 1 unspecified atom stereocenters. The lowest BCUT2D eigenvalue weighted by Crippen LogP contribution is -2.33. The first-order valence-electron chi connectivity index (χ1n) is 9.85. The molecule has 8 heteroatoms. The predicted molar refractivity (Wildman–Crippen MR) is 123 cm³/mol. The standard InChI is InChI=1S/C22H26N4O2S2/c1-4-26(5-2)20(27)19(17-9-7-6-8-10-17)29-22-25-24-21(30-22)23-15-16-11-13-18(28-3)14-12-16/h6-14,19H,4-5,15H2,1-3H3,(H,23,24). The van der Waals surface area contributed by atoms with E-state index in [2.05, 4.69) is 15.5 Å². The van der Waals surface area contributed by atoms with Gasteiger partial charge in [0.15, 0.2) is 4.34 Å². The molecule has 158 valence electrons. The highest BCUT2D eigenvalue weighted by Gasteiger charge is 2.27. The average Bonchev–Trinajstić information content (AvgIpc) is 3.25. The summed E-state index contributed by atoms with van der Waals surface area (Å²) in [5, 5.41) is 12.2. The van der Waals surface area contributed by atoms with Crippen LogP contribution in [0.5, 0.6) is 5.75 Å². The number of carbonyl (C=O) groups excluding carboxylic acids is 1. The van der Waals surface area contributed by atoms with Crippen LogP contribution in [-0.4, -0.2) is 41.2 Å². The van der Waals surface area contributed by atoms with Crippen molar-refractivity contribution in [2.45, 2.75) is 30.0 Å². The molecule has 3 aromatic rings. The van der Waals surface area contributed by atoms with Gasteiger partial charge in [-0.05, 0) is 37.1 Å². The number of carbonyl (C=O) groups is 1. The van der Waals surface area contributed by atoms with Gasteiger partial charge in [0.25, 0.3) is 0 Å². The molecule has 0 saturated heterocycles. The molecule has 0 saturated carbocycles. The van der Waals surface area contributed by atoms with Gasteiger partial charge in [-0.25, -0.2) is 0 Å². The van der Waals surface area contributed by atoms with E-state index < -0.39 is 0 Å². The van der Waals surface area contributed by atoms with Gasteiger partial charge in [-0.2, -0.15) is 0 Å². The van der Waals surface area contributed by atoms with Gasteiger partial charge in [-0.1, -0.05) is 65.6 Å². The minimum absolute atomic E-state index is 0.0964. The third kappa shape index (κ3) is 5.73. The van der Waals surface area contributed by atoms with Crippen molar-refractivity contribution in [3.8, 4) is 5.75 Å². The lowest BCUT2D eigenvalue weighted by molar-refractivity contribution is -0.130. The molecule has 1 heterocycles. The van der Waals surface area contributed by atoms with Crippen LogP contribution in [-0.2, 0) is 11.3 Å². The van der Waals surface area contributed by atoms with Gasteiger partial charge < -0.3 is 15.0 Å². The van der Waals surface area contributed by atoms with E-state index in [0.29, 0.717) is 19.6 Å². The van der Waals surface area contributed by atoms with Gasteiger partial charge in [0.05, 0.1) is 7.11 Å². The molecule has 1 N–H and O–H groups in total. The summed E-state index contributed by atoms with van der Waals surface area (Å²) in [6.45, 7) is 6.01. The molecule has 6 nitrogen and oxygen atoms in total. The van der Waals surface area contributed by atoms with Crippen molar-refractivity contribution in [2.75, 3.05) is 25.5 Å². The zero-order chi connectivity index (χ0) is 21.3. The van der Waals surface area contributed by atoms with E-state index in [1.807, 2.05) is 73.3 Å². The minimum atomic E-state index is -0.339. The Bertz CT molecular complexity index is 928. The summed E-state index contributed by atoms with van der Waals surface area (Å²) in [5.41, 5.74) is 2.10. The van der Waals surface area contributed by atoms with Crippen molar-refractivity contribution < 1.29 is 9.53 Å². The van der Waals surface area contributed by atoms with Gasteiger partial charge in [0.2, 0.25) is 11.0 Å². The maximum atomic E-state index is 13.1. The number of ether oxygens (including phenoxy) is 1. The first-order chi connectivity index (χ1) is 14.6. The average molecular weight is 443 g/mol. The molecule has 1 aromatic heterocycles. The largest absolute Gasteiger partial charge is 0.497 e. The Morgan fingerprint density at radius 3 is 2.43 bits per heavy atom. The summed E-state index contributed by atoms with van der Waals surface area (Å²) in [4.78, 5) is 15.0. The van der Waals surface area contributed by atoms with Gasteiger partial charge in [0, 0.05) is 19.6 Å². The molecule has 0 aliphatic heterocycles. The molecular formula is C22H26N4O2S2. The molecule has 2 aromatic carbocycles. The maximum Gasteiger partial charge on any atom is 0.240 e. The minimum Gasteiger partial charge on any atom is -0.497 e. The summed E-state index contributed by atoms with van der Waals surface area (Å²) >= 11 is 2.91. The fourth-order valence-corrected chi connectivity index (χ4v) is 4.96. The Kier molecular flexibility index (Phi) is 8.10. The van der Waals surface area contributed by atoms with Gasteiger partial charge in [-0.3, -0.25) is 4.79 Å². The molecule has 0 fully saturated rings. The number of nitrogens with zero attached hydrogens (tertiary/aromatic N) is 3. The highest BCUT2D eigenvalue weighted by Crippen LogP contribution is 2.39. The van der Waals surface area contributed by atoms with E-state index in [9.17, 15) is 4.79 Å². The Labute approximate surface area is 185 Å². The van der Waals surface area contributed by atoms with E-state index in [0.717, 1.165) is 26.3 Å². The smallest absolute Gasteiger partial charge is 0.240 e. The van der Waals surface area contributed by atoms with Crippen molar-refractivity contribution in [3.63, 3.8) is 0 Å². The van der Waals surface area contributed by atoms with Gasteiger partial charge in [0.1, 0.15) is 11.0 Å². The molecule has 1 amide bonds. The van der Waals surface area contributed by atoms with E-state index in [4.69, 9.17) is 4.74 Å². The number of aromatic nitrogens is 2. The number of nitrogens with one attached hydrogen (secondary N) is 1. The lowest BCUT2D eigenvalue weighted by Gasteiger charge is -2.24. The number of hydrogen-bond donors (Lipinski definition) is 1. The number of thioether (sulfide) groups is 1. The summed E-state index contributed by atoms with van der Waals surface area (Å²) in [6, 6.07) is 17.7. The molecular weight excluding hydrogens is 416 g/mol. The van der Waals surface area contributed by atoms with E-state index in [-0.39, 0.29) is 11.2 Å². The molecule has 0 bridgehead atoms. The fraction of sp³-hybridized carbons (Fsp3) is 0.318. The Hall–Kier alpha value is -2.58. The summed E-state index contributed by atoms with van der Waals surface area (Å²) < 4.78 is 5.95. The van der Waals surface area contributed by atoms with Crippen LogP contribution in [0.4, 0.5) is 5.13 Å². The second-order valence-electron chi connectivity index (χ2n) is 6.49. The number of hydrogen-bond acceptors (Lipinski definition) is 7. The van der Waals surface area contributed by atoms with E-state index >= 15 is 0 Å². The van der Waals surface area contributed by atoms with Gasteiger partial charge >= 0.3 is 0 Å². The first kappa shape index (κ1) is 22.1. The fourth-order valence-electron chi connectivity index (χ4n) is 2.94. The van der Waals surface area contributed by atoms with Crippen LogP contribution in [0, 0.1) is 0 Å². The zero-order valence-corrected chi connectivity index (χ0v) is 19.0. The Morgan fingerprint density at radius 1 is 1.10 bits per heavy atom. The second-order valence-corrected chi connectivity index (χ2v) is 8.82. The van der Waals surface area contributed by atoms with Gasteiger partial charge in [-0.15, -0.1) is 10.2 Å². The van der Waals surface area contributed by atoms with Crippen LogP contribution in [0.25, 0.3) is 0 Å². The van der Waals surface area contributed by atoms with E-state index in [1.54, 1.807) is 7.11 Å². The second kappa shape index (κ2) is 11.0. The normalized spacial score (nSPS) is 11.7. The quantitative estimate of drug-likeness (QED) is 0.452. The van der Waals surface area contributed by atoms with Crippen LogP contribution in [0.1, 0.15) is 30.2 Å². The van der Waals surface area contributed by atoms with Crippen LogP contribution in [0.2, 0.25) is 0 Å². The highest BCUT2D eigenvalue weighted by molar-refractivity contribution is 8.01. The predicted octanol–water partition coefficient (Wildman–Crippen LogP) is 4.86. The summed E-state index contributed by atoms with van der Waals surface area (Å²) in [6.07, 6.45) is 0. The van der Waals surface area contributed by atoms with Crippen LogP contribution in [0.15, 0.2) is 58.9 Å². The number of anilines is 1. The lowest BCUT2D eigenvalue weighted by atomic mass is 10.1. The molecule has 1 atom stereocenters. The highest BCUT2D eigenvalue weighted by atomic mass is 32.2. The number of benzene rings is 2. The number of likely N-dealkylation sites (N-methyl/N-ethyl adjacent to an activating group) is 1. The van der Waals surface area contributed by atoms with Crippen molar-refractivity contribution in [1.82, 2.24) is 15.1 Å².